The van der Waals surface area contributed by atoms with Gasteiger partial charge in [-0.25, -0.2) is 4.79 Å². The Morgan fingerprint density at radius 1 is 1.27 bits per heavy atom. The van der Waals surface area contributed by atoms with Crippen LogP contribution in [-0.2, 0) is 16.1 Å². The number of ether oxygens (including phenoxy) is 1. The van der Waals surface area contributed by atoms with Gasteiger partial charge in [0.15, 0.2) is 0 Å². The SMILES string of the molecule is CCCCCCN1CC2(CCN(C(=O)Cn3cc(C)cn3)CC2)OC1=O. The predicted octanol–water partition coefficient (Wildman–Crippen LogP) is 2.59. The van der Waals surface area contributed by atoms with Gasteiger partial charge in [0.2, 0.25) is 5.91 Å². The van der Waals surface area contributed by atoms with Gasteiger partial charge in [0.25, 0.3) is 0 Å². The summed E-state index contributed by atoms with van der Waals surface area (Å²) in [5.74, 6) is 0.0729. The van der Waals surface area contributed by atoms with Gasteiger partial charge in [-0.05, 0) is 18.9 Å². The molecule has 0 N–H and O–H groups in total. The highest BCUT2D eigenvalue weighted by atomic mass is 16.6. The number of piperidine rings is 1. The summed E-state index contributed by atoms with van der Waals surface area (Å²) in [4.78, 5) is 28.3. The maximum Gasteiger partial charge on any atom is 0.410 e. The van der Waals surface area contributed by atoms with Crippen LogP contribution in [0, 0.1) is 6.92 Å². The van der Waals surface area contributed by atoms with E-state index >= 15 is 0 Å². The van der Waals surface area contributed by atoms with Crippen LogP contribution in [0.2, 0.25) is 0 Å². The molecule has 2 aliphatic rings. The zero-order valence-corrected chi connectivity index (χ0v) is 15.9. The monoisotopic (exact) mass is 362 g/mol. The lowest BCUT2D eigenvalue weighted by Gasteiger charge is -2.37. The van der Waals surface area contributed by atoms with E-state index in [0.29, 0.717) is 32.5 Å². The lowest BCUT2D eigenvalue weighted by molar-refractivity contribution is -0.135. The van der Waals surface area contributed by atoms with Crippen molar-refractivity contribution in [3.8, 4) is 0 Å². The average molecular weight is 362 g/mol. The highest BCUT2D eigenvalue weighted by Crippen LogP contribution is 2.33. The Balaban J connectivity index is 1.47. The largest absolute Gasteiger partial charge is 0.441 e. The molecule has 0 unspecified atom stereocenters. The van der Waals surface area contributed by atoms with E-state index < -0.39 is 5.60 Å². The average Bonchev–Trinajstić information content (AvgIpc) is 3.15. The minimum atomic E-state index is -0.402. The number of likely N-dealkylation sites (tertiary alicyclic amines) is 1. The molecule has 2 amide bonds. The van der Waals surface area contributed by atoms with Crippen LogP contribution in [-0.4, -0.2) is 63.4 Å². The van der Waals surface area contributed by atoms with Crippen molar-refractivity contribution in [1.29, 1.82) is 0 Å². The van der Waals surface area contributed by atoms with Crippen molar-refractivity contribution in [3.05, 3.63) is 18.0 Å². The molecule has 7 nitrogen and oxygen atoms in total. The van der Waals surface area contributed by atoms with Crippen LogP contribution in [0.4, 0.5) is 4.79 Å². The van der Waals surface area contributed by atoms with Gasteiger partial charge in [-0.1, -0.05) is 26.2 Å². The molecule has 0 aromatic carbocycles. The Kier molecular flexibility index (Phi) is 5.84. The van der Waals surface area contributed by atoms with Crippen LogP contribution >= 0.6 is 0 Å². The van der Waals surface area contributed by atoms with E-state index in [2.05, 4.69) is 12.0 Å². The van der Waals surface area contributed by atoms with Crippen molar-refractivity contribution in [1.82, 2.24) is 19.6 Å². The number of carbonyl (C=O) groups excluding carboxylic acids is 2. The van der Waals surface area contributed by atoms with Gasteiger partial charge in [0.05, 0.1) is 12.7 Å². The van der Waals surface area contributed by atoms with E-state index in [4.69, 9.17) is 4.74 Å². The first kappa shape index (κ1) is 18.7. The number of aryl methyl sites for hydroxylation is 1. The highest BCUT2D eigenvalue weighted by Gasteiger charge is 2.47. The van der Waals surface area contributed by atoms with Crippen LogP contribution < -0.4 is 0 Å². The molecule has 1 spiro atoms. The fourth-order valence-electron chi connectivity index (χ4n) is 3.81. The Morgan fingerprint density at radius 3 is 2.69 bits per heavy atom. The van der Waals surface area contributed by atoms with Gasteiger partial charge in [0, 0.05) is 38.7 Å². The number of amides is 2. The maximum atomic E-state index is 12.5. The molecule has 1 aromatic heterocycles. The van der Waals surface area contributed by atoms with Crippen LogP contribution in [0.15, 0.2) is 12.4 Å². The third kappa shape index (κ3) is 4.37. The minimum absolute atomic E-state index is 0.0729. The molecule has 1 aromatic rings. The Labute approximate surface area is 155 Å². The first-order chi connectivity index (χ1) is 12.5. The summed E-state index contributed by atoms with van der Waals surface area (Å²) >= 11 is 0. The number of carbonyl (C=O) groups is 2. The van der Waals surface area contributed by atoms with Crippen molar-refractivity contribution in [2.75, 3.05) is 26.2 Å². The molecule has 0 bridgehead atoms. The van der Waals surface area contributed by atoms with Gasteiger partial charge in [-0.15, -0.1) is 0 Å². The number of aromatic nitrogens is 2. The molecule has 0 aliphatic carbocycles. The topological polar surface area (TPSA) is 67.7 Å². The van der Waals surface area contributed by atoms with Gasteiger partial charge >= 0.3 is 6.09 Å². The minimum Gasteiger partial charge on any atom is -0.441 e. The fraction of sp³-hybridized carbons (Fsp3) is 0.737. The molecular formula is C19H30N4O3. The van der Waals surface area contributed by atoms with E-state index in [1.54, 1.807) is 10.9 Å². The normalized spacial score (nSPS) is 19.2. The second-order valence-electron chi connectivity index (χ2n) is 7.63. The molecule has 0 atom stereocenters. The molecule has 0 radical (unpaired) electrons. The smallest absolute Gasteiger partial charge is 0.410 e. The summed E-state index contributed by atoms with van der Waals surface area (Å²) in [6, 6.07) is 0. The molecule has 2 aliphatic heterocycles. The molecule has 3 rings (SSSR count). The van der Waals surface area contributed by atoms with Crippen LogP contribution in [0.3, 0.4) is 0 Å². The standard InChI is InChI=1S/C19H30N4O3/c1-3-4-5-6-9-22-15-19(26-18(22)25)7-10-21(11-8-19)17(24)14-23-13-16(2)12-20-23/h12-13H,3-11,14-15H2,1-2H3. The lowest BCUT2D eigenvalue weighted by atomic mass is 9.91. The molecule has 7 heteroatoms. The van der Waals surface area contributed by atoms with Gasteiger partial charge in [-0.3, -0.25) is 9.48 Å². The highest BCUT2D eigenvalue weighted by molar-refractivity contribution is 5.76. The summed E-state index contributed by atoms with van der Waals surface area (Å²) in [5.41, 5.74) is 0.647. The second-order valence-corrected chi connectivity index (χ2v) is 7.63. The van der Waals surface area contributed by atoms with Crippen molar-refractivity contribution < 1.29 is 14.3 Å². The first-order valence-corrected chi connectivity index (χ1v) is 9.76. The second kappa shape index (κ2) is 8.10. The van der Waals surface area contributed by atoms with Crippen molar-refractivity contribution in [2.24, 2.45) is 0 Å². The molecule has 2 saturated heterocycles. The van der Waals surface area contributed by atoms with E-state index in [1.807, 2.05) is 22.9 Å². The van der Waals surface area contributed by atoms with Gasteiger partial charge < -0.3 is 14.5 Å². The number of hydrogen-bond donors (Lipinski definition) is 0. The van der Waals surface area contributed by atoms with E-state index in [9.17, 15) is 9.59 Å². The fourth-order valence-corrected chi connectivity index (χ4v) is 3.81. The Hall–Kier alpha value is -2.05. The van der Waals surface area contributed by atoms with Crippen molar-refractivity contribution in [2.45, 2.75) is 64.5 Å². The third-order valence-corrected chi connectivity index (χ3v) is 5.41. The summed E-state index contributed by atoms with van der Waals surface area (Å²) in [5, 5.41) is 4.18. The van der Waals surface area contributed by atoms with Crippen LogP contribution in [0.25, 0.3) is 0 Å². The number of nitrogens with zero attached hydrogens (tertiary/aromatic N) is 4. The molecular weight excluding hydrogens is 332 g/mol. The van der Waals surface area contributed by atoms with E-state index in [1.165, 1.54) is 12.8 Å². The molecule has 0 saturated carbocycles. The predicted molar refractivity (Wildman–Crippen MR) is 97.7 cm³/mol. The maximum absolute atomic E-state index is 12.5. The molecule has 144 valence electrons. The third-order valence-electron chi connectivity index (χ3n) is 5.41. The quantitative estimate of drug-likeness (QED) is 0.699. The van der Waals surface area contributed by atoms with Crippen molar-refractivity contribution >= 4 is 12.0 Å². The number of hydrogen-bond acceptors (Lipinski definition) is 4. The summed E-state index contributed by atoms with van der Waals surface area (Å²) in [6.07, 6.45) is 9.46. The van der Waals surface area contributed by atoms with Gasteiger partial charge in [0.1, 0.15) is 12.1 Å². The van der Waals surface area contributed by atoms with E-state index in [0.717, 1.165) is 24.9 Å². The van der Waals surface area contributed by atoms with Crippen LogP contribution in [0.5, 0.6) is 0 Å². The number of rotatable bonds is 7. The Morgan fingerprint density at radius 2 is 2.04 bits per heavy atom. The van der Waals surface area contributed by atoms with Gasteiger partial charge in [-0.2, -0.15) is 5.10 Å². The lowest BCUT2D eigenvalue weighted by Crippen LogP contribution is -2.49. The Bertz CT molecular complexity index is 634. The number of unbranched alkanes of at least 4 members (excludes halogenated alkanes) is 3. The molecule has 26 heavy (non-hydrogen) atoms. The summed E-state index contributed by atoms with van der Waals surface area (Å²) < 4.78 is 7.42. The first-order valence-electron chi connectivity index (χ1n) is 9.76. The van der Waals surface area contributed by atoms with Crippen molar-refractivity contribution in [3.63, 3.8) is 0 Å². The van der Waals surface area contributed by atoms with Crippen LogP contribution in [0.1, 0.15) is 51.0 Å². The molecule has 2 fully saturated rings. The summed E-state index contributed by atoms with van der Waals surface area (Å²) in [6.45, 7) is 7.12. The molecule has 3 heterocycles. The van der Waals surface area contributed by atoms with E-state index in [-0.39, 0.29) is 18.5 Å². The zero-order valence-electron chi connectivity index (χ0n) is 15.9. The summed E-state index contributed by atoms with van der Waals surface area (Å²) in [7, 11) is 0. The zero-order chi connectivity index (χ0) is 18.6.